The SMILES string of the molecule is [B]1N=Cc2cccc(Oc3ccccc3)c21. The zero-order valence-electron chi connectivity index (χ0n) is 8.63. The van der Waals surface area contributed by atoms with Crippen LogP contribution in [0.25, 0.3) is 0 Å². The van der Waals surface area contributed by atoms with Crippen LogP contribution in [0.3, 0.4) is 0 Å². The number of hydrogen-bond donors (Lipinski definition) is 0. The van der Waals surface area contributed by atoms with Crippen molar-refractivity contribution in [2.45, 2.75) is 0 Å². The number of nitrogens with zero attached hydrogens (tertiary/aromatic N) is 1. The summed E-state index contributed by atoms with van der Waals surface area (Å²) in [5.41, 5.74) is 2.15. The molecule has 0 N–H and O–H groups in total. The smallest absolute Gasteiger partial charge is 0.316 e. The highest BCUT2D eigenvalue weighted by molar-refractivity contribution is 6.59. The molecule has 3 heteroatoms. The van der Waals surface area contributed by atoms with E-state index < -0.39 is 0 Å². The Labute approximate surface area is 94.9 Å². The quantitative estimate of drug-likeness (QED) is 0.690. The third-order valence-electron chi connectivity index (χ3n) is 2.49. The fraction of sp³-hybridized carbons (Fsp3) is 0. The van der Waals surface area contributed by atoms with Crippen LogP contribution in [-0.4, -0.2) is 13.6 Å². The molecular formula is C13H9BNO. The molecule has 0 saturated heterocycles. The molecule has 0 aromatic heterocycles. The molecule has 1 radical (unpaired) electrons. The second-order valence-corrected chi connectivity index (χ2v) is 3.58. The van der Waals surface area contributed by atoms with Gasteiger partial charge in [0.25, 0.3) is 0 Å². The Balaban J connectivity index is 1.95. The fourth-order valence-electron chi connectivity index (χ4n) is 1.71. The molecule has 0 atom stereocenters. The standard InChI is InChI=1S/C13H9BNO/c1-2-6-11(7-3-1)16-12-8-4-5-10-9-15-14-13(10)12/h1-9H. The minimum atomic E-state index is 0.844. The normalized spacial score (nSPS) is 12.0. The van der Waals surface area contributed by atoms with Crippen LogP contribution in [0.15, 0.2) is 53.4 Å². The van der Waals surface area contributed by atoms with E-state index in [0.29, 0.717) is 0 Å². The summed E-state index contributed by atoms with van der Waals surface area (Å²) in [6, 6.07) is 15.7. The molecule has 2 nitrogen and oxygen atoms in total. The van der Waals surface area contributed by atoms with Gasteiger partial charge < -0.3 is 9.64 Å². The average molecular weight is 206 g/mol. The van der Waals surface area contributed by atoms with Crippen LogP contribution < -0.4 is 10.2 Å². The van der Waals surface area contributed by atoms with E-state index >= 15 is 0 Å². The number of ether oxygens (including phenoxy) is 1. The maximum Gasteiger partial charge on any atom is 0.316 e. The first kappa shape index (κ1) is 9.22. The van der Waals surface area contributed by atoms with Crippen LogP contribution in [0.5, 0.6) is 11.5 Å². The maximum absolute atomic E-state index is 5.81. The molecule has 1 aliphatic heterocycles. The first-order valence-corrected chi connectivity index (χ1v) is 5.16. The van der Waals surface area contributed by atoms with E-state index in [1.54, 1.807) is 0 Å². The van der Waals surface area contributed by atoms with E-state index in [-0.39, 0.29) is 0 Å². The number of para-hydroxylation sites is 1. The Hall–Kier alpha value is -2.03. The molecule has 0 bridgehead atoms. The Kier molecular flexibility index (Phi) is 2.22. The van der Waals surface area contributed by atoms with Crippen molar-refractivity contribution in [2.75, 3.05) is 0 Å². The van der Waals surface area contributed by atoms with Gasteiger partial charge >= 0.3 is 7.41 Å². The van der Waals surface area contributed by atoms with E-state index in [9.17, 15) is 0 Å². The first-order chi connectivity index (χ1) is 7.93. The number of rotatable bonds is 2. The molecule has 1 heterocycles. The van der Waals surface area contributed by atoms with Gasteiger partial charge in [-0.3, -0.25) is 0 Å². The van der Waals surface area contributed by atoms with Gasteiger partial charge in [0.05, 0.1) is 0 Å². The van der Waals surface area contributed by atoms with Gasteiger partial charge in [0.1, 0.15) is 11.5 Å². The van der Waals surface area contributed by atoms with Crippen LogP contribution in [-0.2, 0) is 0 Å². The number of hydrogen-bond acceptors (Lipinski definition) is 2. The molecule has 0 saturated carbocycles. The lowest BCUT2D eigenvalue weighted by molar-refractivity contribution is 0.486. The summed E-state index contributed by atoms with van der Waals surface area (Å²) in [4.78, 5) is 4.12. The summed E-state index contributed by atoms with van der Waals surface area (Å²) >= 11 is 0. The molecule has 0 spiro atoms. The Bertz CT molecular complexity index is 537. The Morgan fingerprint density at radius 3 is 2.69 bits per heavy atom. The first-order valence-electron chi connectivity index (χ1n) is 5.16. The summed E-state index contributed by atoms with van der Waals surface area (Å²) in [7, 11) is 1.83. The van der Waals surface area contributed by atoms with Gasteiger partial charge in [-0.05, 0) is 29.2 Å². The van der Waals surface area contributed by atoms with Crippen molar-refractivity contribution < 1.29 is 4.74 Å². The van der Waals surface area contributed by atoms with Gasteiger partial charge in [0.2, 0.25) is 0 Å². The van der Waals surface area contributed by atoms with Crippen molar-refractivity contribution in [3.8, 4) is 11.5 Å². The van der Waals surface area contributed by atoms with E-state index in [4.69, 9.17) is 4.74 Å². The number of benzene rings is 2. The van der Waals surface area contributed by atoms with Crippen molar-refractivity contribution in [3.05, 3.63) is 54.1 Å². The summed E-state index contributed by atoms with van der Waals surface area (Å²) in [6.07, 6.45) is 1.84. The van der Waals surface area contributed by atoms with E-state index in [2.05, 4.69) is 4.90 Å². The maximum atomic E-state index is 5.81. The van der Waals surface area contributed by atoms with E-state index in [0.717, 1.165) is 22.5 Å². The minimum absolute atomic E-state index is 0.844. The highest BCUT2D eigenvalue weighted by Crippen LogP contribution is 2.20. The molecule has 1 aliphatic rings. The zero-order chi connectivity index (χ0) is 10.8. The van der Waals surface area contributed by atoms with Crippen molar-refractivity contribution in [3.63, 3.8) is 0 Å². The predicted molar refractivity (Wildman–Crippen MR) is 65.9 cm³/mol. The molecule has 2 aromatic rings. The molecule has 2 aromatic carbocycles. The zero-order valence-corrected chi connectivity index (χ0v) is 8.63. The lowest BCUT2D eigenvalue weighted by Gasteiger charge is -2.09. The van der Waals surface area contributed by atoms with Crippen LogP contribution in [0.4, 0.5) is 0 Å². The van der Waals surface area contributed by atoms with Crippen molar-refractivity contribution in [1.29, 1.82) is 0 Å². The van der Waals surface area contributed by atoms with Gasteiger partial charge in [-0.2, -0.15) is 0 Å². The summed E-state index contributed by atoms with van der Waals surface area (Å²) in [5, 5.41) is 0. The van der Waals surface area contributed by atoms with E-state index in [1.807, 2.05) is 62.2 Å². The third kappa shape index (κ3) is 1.61. The molecule has 0 fully saturated rings. The van der Waals surface area contributed by atoms with Gasteiger partial charge in [0, 0.05) is 6.21 Å². The molecular weight excluding hydrogens is 197 g/mol. The second kappa shape index (κ2) is 3.85. The van der Waals surface area contributed by atoms with Crippen molar-refractivity contribution in [2.24, 2.45) is 4.90 Å². The fourth-order valence-corrected chi connectivity index (χ4v) is 1.71. The molecule has 0 amide bonds. The summed E-state index contributed by atoms with van der Waals surface area (Å²) in [5.74, 6) is 1.69. The van der Waals surface area contributed by atoms with Gasteiger partial charge in [-0.25, -0.2) is 0 Å². The Morgan fingerprint density at radius 2 is 1.81 bits per heavy atom. The van der Waals surface area contributed by atoms with E-state index in [1.165, 1.54) is 0 Å². The highest BCUT2D eigenvalue weighted by atomic mass is 16.5. The molecule has 16 heavy (non-hydrogen) atoms. The molecule has 75 valence electrons. The molecule has 0 unspecified atom stereocenters. The minimum Gasteiger partial charge on any atom is -0.458 e. The third-order valence-corrected chi connectivity index (χ3v) is 2.49. The molecule has 3 rings (SSSR count). The van der Waals surface area contributed by atoms with Crippen LogP contribution in [0, 0.1) is 0 Å². The Morgan fingerprint density at radius 1 is 0.938 bits per heavy atom. The van der Waals surface area contributed by atoms with Crippen LogP contribution in [0.2, 0.25) is 0 Å². The topological polar surface area (TPSA) is 21.6 Å². The van der Waals surface area contributed by atoms with Gasteiger partial charge in [-0.15, -0.1) is 0 Å². The van der Waals surface area contributed by atoms with Crippen LogP contribution >= 0.6 is 0 Å². The van der Waals surface area contributed by atoms with Crippen LogP contribution in [0.1, 0.15) is 5.56 Å². The monoisotopic (exact) mass is 206 g/mol. The number of fused-ring (bicyclic) bond motifs is 1. The summed E-state index contributed by atoms with van der Waals surface area (Å²) in [6.45, 7) is 0. The van der Waals surface area contributed by atoms with Gasteiger partial charge in [-0.1, -0.05) is 30.3 Å². The van der Waals surface area contributed by atoms with Crippen molar-refractivity contribution >= 4 is 19.1 Å². The summed E-state index contributed by atoms with van der Waals surface area (Å²) < 4.78 is 5.81. The van der Waals surface area contributed by atoms with Crippen molar-refractivity contribution in [1.82, 2.24) is 0 Å². The van der Waals surface area contributed by atoms with Gasteiger partial charge in [0.15, 0.2) is 0 Å². The lowest BCUT2D eigenvalue weighted by Crippen LogP contribution is -2.14. The molecule has 0 aliphatic carbocycles. The highest BCUT2D eigenvalue weighted by Gasteiger charge is 2.13. The average Bonchev–Trinajstić information content (AvgIpc) is 2.80. The largest absolute Gasteiger partial charge is 0.458 e. The second-order valence-electron chi connectivity index (χ2n) is 3.58. The lowest BCUT2D eigenvalue weighted by atomic mass is 9.83. The predicted octanol–water partition coefficient (Wildman–Crippen LogP) is 2.16.